The monoisotopic (exact) mass is 396 g/mol. The summed E-state index contributed by atoms with van der Waals surface area (Å²) >= 11 is 0. The fraction of sp³-hybridized carbons (Fsp3) is 0.760. The zero-order valence-corrected chi connectivity index (χ0v) is 18.4. The molecule has 0 aliphatic heterocycles. The van der Waals surface area contributed by atoms with Crippen molar-refractivity contribution in [3.05, 3.63) is 23.0 Å². The molecule has 7 atom stereocenters. The summed E-state index contributed by atoms with van der Waals surface area (Å²) < 4.78 is 1.89. The van der Waals surface area contributed by atoms with E-state index < -0.39 is 0 Å². The van der Waals surface area contributed by atoms with Crippen molar-refractivity contribution in [3.63, 3.8) is 0 Å². The Hall–Kier alpha value is -1.42. The second-order valence-corrected chi connectivity index (χ2v) is 11.1. The Kier molecular flexibility index (Phi) is 4.40. The molecule has 1 aromatic heterocycles. The molecule has 1 N–H and O–H groups in total. The number of ketones is 1. The largest absolute Gasteiger partial charge is 0.393 e. The molecule has 4 aliphatic carbocycles. The van der Waals surface area contributed by atoms with Crippen LogP contribution in [0.2, 0.25) is 0 Å². The first-order valence-corrected chi connectivity index (χ1v) is 11.7. The lowest BCUT2D eigenvalue weighted by molar-refractivity contribution is -0.141. The van der Waals surface area contributed by atoms with Crippen LogP contribution in [0.15, 0.2) is 11.8 Å². The van der Waals surface area contributed by atoms with Crippen molar-refractivity contribution in [2.75, 3.05) is 0 Å². The van der Waals surface area contributed by atoms with Gasteiger partial charge in [-0.25, -0.2) is 0 Å². The molecular weight excluding hydrogens is 360 g/mol. The summed E-state index contributed by atoms with van der Waals surface area (Å²) in [6.07, 6.45) is 12.7. The molecule has 0 saturated heterocycles. The number of Topliss-reactive ketones (excluding diaryl/α,β-unsaturated/α-hetero) is 1. The van der Waals surface area contributed by atoms with Gasteiger partial charge >= 0.3 is 0 Å². The van der Waals surface area contributed by atoms with E-state index in [4.69, 9.17) is 0 Å². The second-order valence-electron chi connectivity index (χ2n) is 11.1. The quantitative estimate of drug-likeness (QED) is 0.701. The van der Waals surface area contributed by atoms with Crippen molar-refractivity contribution in [1.82, 2.24) is 9.78 Å². The summed E-state index contributed by atoms with van der Waals surface area (Å²) in [6.45, 7) is 6.84. The first-order chi connectivity index (χ1) is 13.7. The summed E-state index contributed by atoms with van der Waals surface area (Å²) in [6, 6.07) is 0. The number of hydrogen-bond donors (Lipinski definition) is 1. The molecule has 0 bridgehead atoms. The summed E-state index contributed by atoms with van der Waals surface area (Å²) in [4.78, 5) is 13.5. The molecule has 1 heterocycles. The number of carbonyl (C=O) groups is 1. The molecule has 0 radical (unpaired) electrons. The van der Waals surface area contributed by atoms with E-state index in [1.807, 2.05) is 17.9 Å². The van der Waals surface area contributed by atoms with Gasteiger partial charge < -0.3 is 5.11 Å². The van der Waals surface area contributed by atoms with Crippen LogP contribution < -0.4 is 0 Å². The van der Waals surface area contributed by atoms with Gasteiger partial charge in [0.1, 0.15) is 0 Å². The molecule has 0 amide bonds. The fourth-order valence-electron chi connectivity index (χ4n) is 7.88. The molecule has 4 nitrogen and oxygen atoms in total. The molecule has 4 saturated carbocycles. The van der Waals surface area contributed by atoms with E-state index >= 15 is 0 Å². The fourth-order valence-corrected chi connectivity index (χ4v) is 7.88. The van der Waals surface area contributed by atoms with Crippen LogP contribution in [0.5, 0.6) is 0 Å². The number of carbonyl (C=O) groups excluding carboxylic acids is 1. The van der Waals surface area contributed by atoms with Gasteiger partial charge in [-0.2, -0.15) is 5.10 Å². The van der Waals surface area contributed by atoms with Crippen LogP contribution in [-0.4, -0.2) is 26.8 Å². The van der Waals surface area contributed by atoms with Gasteiger partial charge in [-0.05, 0) is 99.0 Å². The maximum atomic E-state index is 13.5. The lowest BCUT2D eigenvalue weighted by Gasteiger charge is -2.59. The lowest BCUT2D eigenvalue weighted by Crippen LogP contribution is -2.54. The zero-order valence-electron chi connectivity index (χ0n) is 18.4. The summed E-state index contributed by atoms with van der Waals surface area (Å²) in [5.74, 6) is 2.94. The van der Waals surface area contributed by atoms with Gasteiger partial charge in [0, 0.05) is 23.7 Å². The highest BCUT2D eigenvalue weighted by molar-refractivity contribution is 6.06. The van der Waals surface area contributed by atoms with Crippen molar-refractivity contribution >= 4 is 11.9 Å². The first kappa shape index (κ1) is 19.5. The van der Waals surface area contributed by atoms with Crippen molar-refractivity contribution in [2.24, 2.45) is 41.5 Å². The Bertz CT molecular complexity index is 870. The Balaban J connectivity index is 1.46. The second kappa shape index (κ2) is 6.54. The van der Waals surface area contributed by atoms with E-state index in [2.05, 4.69) is 31.9 Å². The number of fused-ring (bicyclic) bond motifs is 5. The minimum absolute atomic E-state index is 0.0937. The van der Waals surface area contributed by atoms with Crippen LogP contribution in [0.3, 0.4) is 0 Å². The molecular formula is C25H36N2O2. The van der Waals surface area contributed by atoms with Crippen LogP contribution in [0.1, 0.15) is 76.5 Å². The minimum atomic E-state index is -0.180. The van der Waals surface area contributed by atoms with Crippen molar-refractivity contribution < 1.29 is 9.90 Å². The van der Waals surface area contributed by atoms with Gasteiger partial charge in [0.2, 0.25) is 0 Å². The predicted octanol–water partition coefficient (Wildman–Crippen LogP) is 4.69. The minimum Gasteiger partial charge on any atom is -0.393 e. The molecule has 158 valence electrons. The molecule has 0 spiro atoms. The Morgan fingerprint density at radius 3 is 2.69 bits per heavy atom. The maximum Gasteiger partial charge on any atom is 0.165 e. The number of aryl methyl sites for hydroxylation is 1. The van der Waals surface area contributed by atoms with E-state index in [0.29, 0.717) is 29.0 Å². The molecule has 4 fully saturated rings. The third-order valence-electron chi connectivity index (χ3n) is 9.88. The third kappa shape index (κ3) is 2.74. The standard InChI is InChI=1S/C25H36N2O2/c1-15-17(14-26-27(15)4)11-16-12-22-20-6-5-18-13-19(28)7-9-24(18,2)21(20)8-10-25(22,3)23(16)29/h11,14,18-22,28H,5-10,12-13H2,1-4H3. The van der Waals surface area contributed by atoms with Gasteiger partial charge in [0.15, 0.2) is 5.78 Å². The molecule has 0 aromatic carbocycles. The van der Waals surface area contributed by atoms with E-state index in [1.165, 1.54) is 19.3 Å². The average molecular weight is 397 g/mol. The third-order valence-corrected chi connectivity index (χ3v) is 9.88. The molecule has 5 rings (SSSR count). The lowest BCUT2D eigenvalue weighted by atomic mass is 9.45. The molecule has 7 unspecified atom stereocenters. The number of aliphatic hydroxyl groups excluding tert-OH is 1. The van der Waals surface area contributed by atoms with Gasteiger partial charge in [0.05, 0.1) is 12.3 Å². The summed E-state index contributed by atoms with van der Waals surface area (Å²) in [5, 5.41) is 14.6. The van der Waals surface area contributed by atoms with E-state index in [0.717, 1.165) is 54.9 Å². The SMILES string of the molecule is Cc1c(C=C2CC3C4CCC5CC(O)CCC5(C)C4CCC3(C)C2=O)cnn1C. The van der Waals surface area contributed by atoms with Crippen LogP contribution in [0.25, 0.3) is 6.08 Å². The van der Waals surface area contributed by atoms with Gasteiger partial charge in [-0.15, -0.1) is 0 Å². The number of nitrogens with zero attached hydrogens (tertiary/aromatic N) is 2. The normalized spacial score (nSPS) is 45.8. The molecule has 4 aliphatic rings. The highest BCUT2D eigenvalue weighted by Crippen LogP contribution is 2.66. The Labute approximate surface area is 174 Å². The van der Waals surface area contributed by atoms with E-state index in [1.54, 1.807) is 0 Å². The molecule has 1 aromatic rings. The molecule has 29 heavy (non-hydrogen) atoms. The van der Waals surface area contributed by atoms with Gasteiger partial charge in [-0.3, -0.25) is 9.48 Å². The van der Waals surface area contributed by atoms with Crippen molar-refractivity contribution in [3.8, 4) is 0 Å². The van der Waals surface area contributed by atoms with Crippen LogP contribution in [-0.2, 0) is 11.8 Å². The predicted molar refractivity (Wildman–Crippen MR) is 114 cm³/mol. The Morgan fingerprint density at radius 1 is 1.17 bits per heavy atom. The maximum absolute atomic E-state index is 13.5. The number of rotatable bonds is 1. The van der Waals surface area contributed by atoms with Gasteiger partial charge in [0.25, 0.3) is 0 Å². The van der Waals surface area contributed by atoms with E-state index in [-0.39, 0.29) is 11.5 Å². The van der Waals surface area contributed by atoms with Crippen molar-refractivity contribution in [1.29, 1.82) is 0 Å². The zero-order chi connectivity index (χ0) is 20.6. The number of allylic oxidation sites excluding steroid dienone is 1. The first-order valence-electron chi connectivity index (χ1n) is 11.7. The highest BCUT2D eigenvalue weighted by atomic mass is 16.3. The van der Waals surface area contributed by atoms with Crippen LogP contribution >= 0.6 is 0 Å². The molecule has 4 heteroatoms. The van der Waals surface area contributed by atoms with Crippen LogP contribution in [0.4, 0.5) is 0 Å². The Morgan fingerprint density at radius 2 is 1.97 bits per heavy atom. The number of hydrogen-bond acceptors (Lipinski definition) is 3. The summed E-state index contributed by atoms with van der Waals surface area (Å²) in [5.41, 5.74) is 3.42. The number of aliphatic hydroxyl groups is 1. The highest BCUT2D eigenvalue weighted by Gasteiger charge is 2.61. The average Bonchev–Trinajstić information content (AvgIpc) is 3.14. The van der Waals surface area contributed by atoms with Gasteiger partial charge in [-0.1, -0.05) is 13.8 Å². The summed E-state index contributed by atoms with van der Waals surface area (Å²) in [7, 11) is 1.96. The van der Waals surface area contributed by atoms with E-state index in [9.17, 15) is 9.90 Å². The topological polar surface area (TPSA) is 55.1 Å². The van der Waals surface area contributed by atoms with Crippen molar-refractivity contribution in [2.45, 2.75) is 78.2 Å². The van der Waals surface area contributed by atoms with Crippen LogP contribution in [0, 0.1) is 41.4 Å². The number of aromatic nitrogens is 2. The smallest absolute Gasteiger partial charge is 0.165 e.